The molecule has 1 amide bonds. The molecule has 2 heterocycles. The van der Waals surface area contributed by atoms with Gasteiger partial charge in [0, 0.05) is 23.5 Å². The van der Waals surface area contributed by atoms with Crippen LogP contribution in [0.5, 0.6) is 0 Å². The minimum atomic E-state index is -0.0279. The molecule has 1 aromatic rings. The zero-order valence-corrected chi connectivity index (χ0v) is 14.0. The molecule has 2 aliphatic rings. The summed E-state index contributed by atoms with van der Waals surface area (Å²) in [6.07, 6.45) is 0. The quantitative estimate of drug-likeness (QED) is 0.568. The van der Waals surface area contributed by atoms with Crippen LogP contribution in [0, 0.1) is 0 Å². The van der Waals surface area contributed by atoms with Crippen LogP contribution in [0.15, 0.2) is 33.0 Å². The molecule has 1 fully saturated rings. The average Bonchev–Trinajstić information content (AvgIpc) is 2.90. The van der Waals surface area contributed by atoms with E-state index >= 15 is 0 Å². The van der Waals surface area contributed by atoms with Crippen LogP contribution in [0.2, 0.25) is 5.02 Å². The van der Waals surface area contributed by atoms with Crippen molar-refractivity contribution in [3.8, 4) is 0 Å². The second-order valence-electron chi connectivity index (χ2n) is 4.32. The van der Waals surface area contributed by atoms with Crippen molar-refractivity contribution in [3.05, 3.63) is 33.2 Å². The first-order chi connectivity index (χ1) is 9.52. The fourth-order valence-corrected chi connectivity index (χ4v) is 4.81. The molecule has 7 heteroatoms. The Balaban J connectivity index is 2.10. The summed E-state index contributed by atoms with van der Waals surface area (Å²) < 4.78 is 0.600. The highest BCUT2D eigenvalue weighted by Crippen LogP contribution is 2.50. The van der Waals surface area contributed by atoms with Crippen molar-refractivity contribution in [2.24, 2.45) is 0 Å². The van der Waals surface area contributed by atoms with E-state index in [0.29, 0.717) is 14.2 Å². The molecule has 0 spiro atoms. The first kappa shape index (κ1) is 14.3. The minimum absolute atomic E-state index is 0.0279. The number of carbonyl (C=O) groups is 1. The number of fused-ring (bicyclic) bond motifs is 1. The van der Waals surface area contributed by atoms with Gasteiger partial charge in [-0.3, -0.25) is 9.69 Å². The Morgan fingerprint density at radius 2 is 2.10 bits per heavy atom. The lowest BCUT2D eigenvalue weighted by Crippen LogP contribution is -2.24. The van der Waals surface area contributed by atoms with Crippen LogP contribution in [0.3, 0.4) is 0 Å². The van der Waals surface area contributed by atoms with E-state index in [2.05, 4.69) is 11.8 Å². The Hall–Kier alpha value is -0.690. The van der Waals surface area contributed by atoms with Crippen molar-refractivity contribution in [2.45, 2.75) is 11.8 Å². The molecule has 0 N–H and O–H groups in total. The summed E-state index contributed by atoms with van der Waals surface area (Å²) in [4.78, 5) is 17.7. The molecule has 104 valence electrons. The molecule has 1 aromatic carbocycles. The van der Waals surface area contributed by atoms with Crippen LogP contribution in [-0.2, 0) is 4.79 Å². The molecule has 3 nitrogen and oxygen atoms in total. The molecule has 3 rings (SSSR count). The van der Waals surface area contributed by atoms with Gasteiger partial charge in [0.05, 0.1) is 5.69 Å². The fraction of sp³-hybridized carbons (Fsp3) is 0.231. The van der Waals surface area contributed by atoms with Gasteiger partial charge in [0.15, 0.2) is 0 Å². The van der Waals surface area contributed by atoms with Crippen molar-refractivity contribution in [1.29, 1.82) is 0 Å². The molecular weight excluding hydrogens is 332 g/mol. The third-order valence-electron chi connectivity index (χ3n) is 3.14. The number of rotatable bonds is 1. The highest BCUT2D eigenvalue weighted by Gasteiger charge is 2.37. The second kappa shape index (κ2) is 5.26. The average molecular weight is 343 g/mol. The maximum absolute atomic E-state index is 12.3. The number of hydrogen-bond acceptors (Lipinski definition) is 5. The van der Waals surface area contributed by atoms with E-state index in [4.69, 9.17) is 23.8 Å². The lowest BCUT2D eigenvalue weighted by atomic mass is 10.3. The first-order valence-electron chi connectivity index (χ1n) is 6.02. The molecule has 2 aliphatic heterocycles. The van der Waals surface area contributed by atoms with Crippen LogP contribution in [0.25, 0.3) is 0 Å². The van der Waals surface area contributed by atoms with Crippen molar-refractivity contribution >= 4 is 63.3 Å². The van der Waals surface area contributed by atoms with Gasteiger partial charge in [0.25, 0.3) is 5.91 Å². The van der Waals surface area contributed by atoms with E-state index in [0.717, 1.165) is 22.2 Å². The molecule has 0 radical (unpaired) electrons. The number of thiocarbonyl (C=S) groups is 1. The lowest BCUT2D eigenvalue weighted by Gasteiger charge is -2.19. The van der Waals surface area contributed by atoms with Crippen LogP contribution in [0.1, 0.15) is 6.92 Å². The van der Waals surface area contributed by atoms with E-state index in [1.807, 2.05) is 18.2 Å². The van der Waals surface area contributed by atoms with E-state index in [-0.39, 0.29) is 5.91 Å². The molecule has 0 bridgehead atoms. The van der Waals surface area contributed by atoms with E-state index in [1.165, 1.54) is 16.7 Å². The second-order valence-corrected chi connectivity index (χ2v) is 7.44. The number of likely N-dealkylation sites (N-methyl/N-ethyl adjacent to an activating group) is 1. The van der Waals surface area contributed by atoms with E-state index in [9.17, 15) is 4.79 Å². The van der Waals surface area contributed by atoms with Gasteiger partial charge in [-0.2, -0.15) is 0 Å². The topological polar surface area (TPSA) is 23.6 Å². The van der Waals surface area contributed by atoms with Crippen LogP contribution < -0.4 is 4.90 Å². The number of nitrogens with zero attached hydrogens (tertiary/aromatic N) is 2. The molecule has 20 heavy (non-hydrogen) atoms. The maximum Gasteiger partial charge on any atom is 0.268 e. The predicted octanol–water partition coefficient (Wildman–Crippen LogP) is 3.93. The van der Waals surface area contributed by atoms with E-state index in [1.54, 1.807) is 18.8 Å². The Morgan fingerprint density at radius 1 is 1.35 bits per heavy atom. The van der Waals surface area contributed by atoms with Gasteiger partial charge in [-0.15, -0.1) is 0 Å². The standard InChI is InChI=1S/C13H11ClN2OS3/c1-3-16-8-6-7(14)4-5-9(8)19-12(16)10-11(17)15(2)13(18)20-10/h4-6H,3H2,1-2H3. The normalized spacial score (nSPS) is 21.9. The molecule has 0 atom stereocenters. The largest absolute Gasteiger partial charge is 0.334 e. The van der Waals surface area contributed by atoms with Crippen LogP contribution >= 0.6 is 47.3 Å². The summed E-state index contributed by atoms with van der Waals surface area (Å²) >= 11 is 14.2. The Morgan fingerprint density at radius 3 is 2.70 bits per heavy atom. The zero-order chi connectivity index (χ0) is 14.4. The van der Waals surface area contributed by atoms with E-state index < -0.39 is 0 Å². The molecule has 0 unspecified atom stereocenters. The smallest absolute Gasteiger partial charge is 0.268 e. The highest BCUT2D eigenvalue weighted by molar-refractivity contribution is 8.27. The number of halogens is 1. The summed E-state index contributed by atoms with van der Waals surface area (Å²) in [5.74, 6) is -0.0279. The van der Waals surface area contributed by atoms with Gasteiger partial charge in [-0.25, -0.2) is 0 Å². The number of hydrogen-bond donors (Lipinski definition) is 0. The summed E-state index contributed by atoms with van der Waals surface area (Å²) in [5.41, 5.74) is 1.06. The third kappa shape index (κ3) is 2.15. The third-order valence-corrected chi connectivity index (χ3v) is 6.23. The van der Waals surface area contributed by atoms with Crippen molar-refractivity contribution < 1.29 is 4.79 Å². The minimum Gasteiger partial charge on any atom is -0.334 e. The Bertz CT molecular complexity index is 659. The summed E-state index contributed by atoms with van der Waals surface area (Å²) in [7, 11) is 1.71. The van der Waals surface area contributed by atoms with Crippen molar-refractivity contribution in [2.75, 3.05) is 18.5 Å². The highest BCUT2D eigenvalue weighted by atomic mass is 35.5. The van der Waals surface area contributed by atoms with Crippen LogP contribution in [0.4, 0.5) is 5.69 Å². The Labute approximate surface area is 136 Å². The molecular formula is C13H11ClN2OS3. The van der Waals surface area contributed by atoms with Gasteiger partial charge in [-0.05, 0) is 25.1 Å². The monoisotopic (exact) mass is 342 g/mol. The first-order valence-corrected chi connectivity index (χ1v) is 8.44. The zero-order valence-electron chi connectivity index (χ0n) is 10.8. The molecule has 0 saturated carbocycles. The molecule has 0 aromatic heterocycles. The van der Waals surface area contributed by atoms with Gasteiger partial charge >= 0.3 is 0 Å². The van der Waals surface area contributed by atoms with Crippen LogP contribution in [-0.4, -0.2) is 28.7 Å². The molecule has 1 saturated heterocycles. The number of benzene rings is 1. The maximum atomic E-state index is 12.3. The van der Waals surface area contributed by atoms with Gasteiger partial charge in [-0.1, -0.05) is 47.3 Å². The number of anilines is 1. The fourth-order valence-electron chi connectivity index (χ4n) is 2.11. The summed E-state index contributed by atoms with van der Waals surface area (Å²) in [5, 5.41) is 1.65. The Kier molecular flexibility index (Phi) is 3.75. The number of thioether (sulfide) groups is 2. The van der Waals surface area contributed by atoms with Gasteiger partial charge < -0.3 is 4.90 Å². The van der Waals surface area contributed by atoms with Crippen molar-refractivity contribution in [3.63, 3.8) is 0 Å². The lowest BCUT2D eigenvalue weighted by molar-refractivity contribution is -0.121. The molecule has 0 aliphatic carbocycles. The predicted molar refractivity (Wildman–Crippen MR) is 90.3 cm³/mol. The van der Waals surface area contributed by atoms with Gasteiger partial charge in [0.2, 0.25) is 0 Å². The number of amides is 1. The number of carbonyl (C=O) groups excluding carboxylic acids is 1. The summed E-state index contributed by atoms with van der Waals surface area (Å²) in [6.45, 7) is 2.84. The summed E-state index contributed by atoms with van der Waals surface area (Å²) in [6, 6.07) is 5.80. The van der Waals surface area contributed by atoms with Gasteiger partial charge in [0.1, 0.15) is 14.3 Å². The SMILES string of the molecule is CCN1C(=C2SC(=S)N(C)C2=O)Sc2ccc(Cl)cc21. The van der Waals surface area contributed by atoms with Crippen molar-refractivity contribution in [1.82, 2.24) is 4.90 Å².